The van der Waals surface area contributed by atoms with E-state index < -0.39 is 5.97 Å². The van der Waals surface area contributed by atoms with Gasteiger partial charge in [-0.3, -0.25) is 4.79 Å². The van der Waals surface area contributed by atoms with Crippen LogP contribution in [0.25, 0.3) is 6.08 Å². The van der Waals surface area contributed by atoms with E-state index in [1.165, 1.54) is 31.0 Å². The van der Waals surface area contributed by atoms with Crippen molar-refractivity contribution in [2.75, 3.05) is 14.2 Å². The van der Waals surface area contributed by atoms with Crippen molar-refractivity contribution in [1.29, 1.82) is 0 Å². The number of methoxy groups -OCH3 is 2. The van der Waals surface area contributed by atoms with E-state index in [1.54, 1.807) is 55.7 Å². The number of carboxylic acid groups (broad SMARTS) is 1. The molecule has 1 fully saturated rings. The van der Waals surface area contributed by atoms with E-state index >= 15 is 0 Å². The lowest BCUT2D eigenvalue weighted by Crippen LogP contribution is -2.19. The molecular formula is C24H20N2O7S. The molecule has 0 unspecified atom stereocenters. The van der Waals surface area contributed by atoms with Gasteiger partial charge in [0.1, 0.15) is 18.1 Å². The lowest BCUT2D eigenvalue weighted by Gasteiger charge is -2.10. The van der Waals surface area contributed by atoms with E-state index in [1.807, 2.05) is 0 Å². The van der Waals surface area contributed by atoms with Crippen LogP contribution < -0.4 is 19.5 Å². The van der Waals surface area contributed by atoms with Gasteiger partial charge in [0.2, 0.25) is 5.76 Å². The highest BCUT2D eigenvalue weighted by atomic mass is 32.2. The zero-order chi connectivity index (χ0) is 24.1. The summed E-state index contributed by atoms with van der Waals surface area (Å²) in [7, 11) is 3.10. The SMILES string of the molecule is COc1ccc(N=C2NC(=O)/C(=C/c3ccc(OCc4ccc(C(=O)O)o4)c(OC)c3)S2)cc1. The molecule has 1 amide bonds. The van der Waals surface area contributed by atoms with E-state index in [9.17, 15) is 9.59 Å². The second-order valence-corrected chi connectivity index (χ2v) is 7.98. The van der Waals surface area contributed by atoms with Gasteiger partial charge in [-0.2, -0.15) is 0 Å². The van der Waals surface area contributed by atoms with Gasteiger partial charge in [0.05, 0.1) is 24.8 Å². The van der Waals surface area contributed by atoms with Crippen LogP contribution in [0, 0.1) is 0 Å². The molecule has 2 N–H and O–H groups in total. The minimum absolute atomic E-state index is 0.0352. The number of hydrogen-bond acceptors (Lipinski definition) is 8. The van der Waals surface area contributed by atoms with E-state index in [0.29, 0.717) is 33.0 Å². The molecule has 0 spiro atoms. The molecule has 174 valence electrons. The van der Waals surface area contributed by atoms with Gasteiger partial charge in [-0.25, -0.2) is 9.79 Å². The Hall–Kier alpha value is -4.18. The van der Waals surface area contributed by atoms with Crippen LogP contribution in [0.15, 0.2) is 68.9 Å². The number of carbonyl (C=O) groups is 2. The molecule has 0 bridgehead atoms. The van der Waals surface area contributed by atoms with E-state index in [-0.39, 0.29) is 18.3 Å². The molecule has 0 radical (unpaired) electrons. The summed E-state index contributed by atoms with van der Waals surface area (Å²) in [5.74, 6) is 0.445. The van der Waals surface area contributed by atoms with Crippen molar-refractivity contribution in [3.63, 3.8) is 0 Å². The first-order chi connectivity index (χ1) is 16.4. The van der Waals surface area contributed by atoms with Crippen LogP contribution in [-0.4, -0.2) is 36.4 Å². The number of rotatable bonds is 8. The minimum atomic E-state index is -1.15. The lowest BCUT2D eigenvalue weighted by atomic mass is 10.2. The molecule has 2 heterocycles. The molecule has 34 heavy (non-hydrogen) atoms. The molecule has 0 atom stereocenters. The summed E-state index contributed by atoms with van der Waals surface area (Å²) in [5.41, 5.74) is 1.43. The molecule has 0 aliphatic carbocycles. The topological polar surface area (TPSA) is 120 Å². The Balaban J connectivity index is 1.46. The van der Waals surface area contributed by atoms with Crippen LogP contribution in [0.3, 0.4) is 0 Å². The van der Waals surface area contributed by atoms with E-state index in [4.69, 9.17) is 23.7 Å². The normalized spacial score (nSPS) is 15.4. The molecule has 1 aromatic heterocycles. The summed E-state index contributed by atoms with van der Waals surface area (Å²) in [6, 6.07) is 15.3. The van der Waals surface area contributed by atoms with Crippen LogP contribution in [0.2, 0.25) is 0 Å². The quantitative estimate of drug-likeness (QED) is 0.454. The maximum absolute atomic E-state index is 12.4. The van der Waals surface area contributed by atoms with Crippen LogP contribution >= 0.6 is 11.8 Å². The fraction of sp³-hybridized carbons (Fsp3) is 0.125. The Morgan fingerprint density at radius 1 is 1.09 bits per heavy atom. The fourth-order valence-corrected chi connectivity index (χ4v) is 3.86. The Morgan fingerprint density at radius 3 is 2.56 bits per heavy atom. The predicted octanol–water partition coefficient (Wildman–Crippen LogP) is 4.47. The maximum atomic E-state index is 12.4. The molecule has 10 heteroatoms. The first-order valence-electron chi connectivity index (χ1n) is 10.0. The standard InChI is InChI=1S/C24H20N2O7S/c1-30-16-6-4-15(5-7-16)25-24-26-22(27)21(34-24)12-14-3-9-18(20(11-14)31-2)32-13-17-8-10-19(33-17)23(28)29/h3-12H,13H2,1-2H3,(H,28,29)(H,25,26,27)/b21-12-. The third-order valence-corrected chi connectivity index (χ3v) is 5.59. The second-order valence-electron chi connectivity index (χ2n) is 6.95. The first kappa shape index (κ1) is 23.0. The zero-order valence-electron chi connectivity index (χ0n) is 18.2. The number of amidine groups is 1. The van der Waals surface area contributed by atoms with E-state index in [0.717, 1.165) is 11.3 Å². The number of nitrogens with one attached hydrogen (secondary N) is 1. The van der Waals surface area contributed by atoms with Gasteiger partial charge in [-0.15, -0.1) is 0 Å². The Labute approximate surface area is 199 Å². The highest BCUT2D eigenvalue weighted by Crippen LogP contribution is 2.33. The number of furan rings is 1. The number of carbonyl (C=O) groups excluding carboxylic acids is 1. The molecule has 1 saturated heterocycles. The van der Waals surface area contributed by atoms with Crippen molar-refractivity contribution in [1.82, 2.24) is 5.32 Å². The number of hydrogen-bond donors (Lipinski definition) is 2. The highest BCUT2D eigenvalue weighted by Gasteiger charge is 2.24. The van der Waals surface area contributed by atoms with Crippen LogP contribution in [0.5, 0.6) is 17.2 Å². The number of amides is 1. The molecule has 0 saturated carbocycles. The molecule has 3 aromatic rings. The summed E-state index contributed by atoms with van der Waals surface area (Å²) in [4.78, 5) is 28.3. The summed E-state index contributed by atoms with van der Waals surface area (Å²) < 4.78 is 21.4. The van der Waals surface area contributed by atoms with Gasteiger partial charge in [-0.1, -0.05) is 6.07 Å². The molecule has 2 aromatic carbocycles. The van der Waals surface area contributed by atoms with Gasteiger partial charge in [-0.05, 0) is 71.9 Å². The van der Waals surface area contributed by atoms with Gasteiger partial charge in [0.15, 0.2) is 16.7 Å². The summed E-state index contributed by atoms with van der Waals surface area (Å²) in [6.45, 7) is 0.0352. The van der Waals surface area contributed by atoms with Gasteiger partial charge in [0.25, 0.3) is 5.91 Å². The Kier molecular flexibility index (Phi) is 6.88. The number of aliphatic imine (C=N–C) groups is 1. The number of ether oxygens (including phenoxy) is 3. The van der Waals surface area contributed by atoms with Crippen LogP contribution in [-0.2, 0) is 11.4 Å². The lowest BCUT2D eigenvalue weighted by molar-refractivity contribution is -0.115. The second kappa shape index (κ2) is 10.2. The third kappa shape index (κ3) is 5.41. The Bertz CT molecular complexity index is 1280. The number of nitrogens with zero attached hydrogens (tertiary/aromatic N) is 1. The summed E-state index contributed by atoms with van der Waals surface area (Å²) >= 11 is 1.23. The van der Waals surface area contributed by atoms with Crippen molar-refractivity contribution in [3.05, 3.63) is 76.6 Å². The minimum Gasteiger partial charge on any atom is -0.497 e. The molecule has 9 nitrogen and oxygen atoms in total. The van der Waals surface area contributed by atoms with Crippen LogP contribution in [0.4, 0.5) is 5.69 Å². The molecular weight excluding hydrogens is 460 g/mol. The number of benzene rings is 2. The summed E-state index contributed by atoms with van der Waals surface area (Å²) in [5, 5.41) is 12.2. The largest absolute Gasteiger partial charge is 0.497 e. The van der Waals surface area contributed by atoms with E-state index in [2.05, 4.69) is 10.3 Å². The van der Waals surface area contributed by atoms with Crippen molar-refractivity contribution in [2.24, 2.45) is 4.99 Å². The average Bonchev–Trinajstić information content (AvgIpc) is 3.45. The van der Waals surface area contributed by atoms with Gasteiger partial charge < -0.3 is 29.1 Å². The van der Waals surface area contributed by atoms with Crippen LogP contribution in [0.1, 0.15) is 21.9 Å². The monoisotopic (exact) mass is 480 g/mol. The molecule has 1 aliphatic heterocycles. The smallest absolute Gasteiger partial charge is 0.371 e. The van der Waals surface area contributed by atoms with Crippen molar-refractivity contribution in [2.45, 2.75) is 6.61 Å². The molecule has 1 aliphatic rings. The zero-order valence-corrected chi connectivity index (χ0v) is 19.0. The van der Waals surface area contributed by atoms with Crippen molar-refractivity contribution in [3.8, 4) is 17.2 Å². The number of carboxylic acids is 1. The fourth-order valence-electron chi connectivity index (χ4n) is 3.02. The van der Waals surface area contributed by atoms with Gasteiger partial charge >= 0.3 is 5.97 Å². The first-order valence-corrected chi connectivity index (χ1v) is 10.8. The summed E-state index contributed by atoms with van der Waals surface area (Å²) in [6.07, 6.45) is 1.73. The number of thioether (sulfide) groups is 1. The highest BCUT2D eigenvalue weighted by molar-refractivity contribution is 8.18. The van der Waals surface area contributed by atoms with Gasteiger partial charge in [0, 0.05) is 0 Å². The van der Waals surface area contributed by atoms with Crippen molar-refractivity contribution >= 4 is 40.6 Å². The predicted molar refractivity (Wildman–Crippen MR) is 127 cm³/mol. The van der Waals surface area contributed by atoms with Crippen molar-refractivity contribution < 1.29 is 33.3 Å². The third-order valence-electron chi connectivity index (χ3n) is 4.68. The Morgan fingerprint density at radius 2 is 1.88 bits per heavy atom. The number of aromatic carboxylic acids is 1. The maximum Gasteiger partial charge on any atom is 0.371 e. The average molecular weight is 480 g/mol. The molecule has 4 rings (SSSR count).